The van der Waals surface area contributed by atoms with E-state index < -0.39 is 0 Å². The van der Waals surface area contributed by atoms with Crippen LogP contribution in [0.25, 0.3) is 0 Å². The first-order valence-electron chi connectivity index (χ1n) is 7.60. The highest BCUT2D eigenvalue weighted by Gasteiger charge is 2.40. The lowest BCUT2D eigenvalue weighted by molar-refractivity contribution is -0.122. The first-order chi connectivity index (χ1) is 11.7. The Morgan fingerprint density at radius 2 is 1.79 bits per heavy atom. The van der Waals surface area contributed by atoms with Crippen molar-refractivity contribution in [2.75, 3.05) is 11.4 Å². The zero-order valence-corrected chi connectivity index (χ0v) is 14.6. The van der Waals surface area contributed by atoms with Crippen LogP contribution < -0.4 is 9.64 Å². The summed E-state index contributed by atoms with van der Waals surface area (Å²) in [6.07, 6.45) is 0. The lowest BCUT2D eigenvalue weighted by Crippen LogP contribution is -2.28. The molecular formula is C18H14N2O2S2. The zero-order chi connectivity index (χ0) is 16.7. The van der Waals surface area contributed by atoms with Gasteiger partial charge in [0.2, 0.25) is 5.88 Å². The summed E-state index contributed by atoms with van der Waals surface area (Å²) >= 11 is 6.62. The highest BCUT2D eigenvalue weighted by atomic mass is 32.2. The summed E-state index contributed by atoms with van der Waals surface area (Å²) in [6, 6.07) is 17.6. The van der Waals surface area contributed by atoms with Crippen molar-refractivity contribution in [2.24, 2.45) is 0 Å². The van der Waals surface area contributed by atoms with E-state index in [1.807, 2.05) is 66.4 Å². The molecule has 0 aliphatic carbocycles. The van der Waals surface area contributed by atoms with Gasteiger partial charge in [0.05, 0.1) is 5.69 Å². The Balaban J connectivity index is 1.88. The molecule has 1 saturated heterocycles. The fraction of sp³-hybridized carbons (Fsp3) is 0.111. The number of fused-ring (bicyclic) bond motifs is 1. The van der Waals surface area contributed by atoms with E-state index in [9.17, 15) is 4.79 Å². The Labute approximate surface area is 149 Å². The average molecular weight is 354 g/mol. The van der Waals surface area contributed by atoms with E-state index in [-0.39, 0.29) is 5.91 Å². The van der Waals surface area contributed by atoms with Crippen LogP contribution in [0, 0.1) is 0 Å². The van der Waals surface area contributed by atoms with Gasteiger partial charge in [-0.1, -0.05) is 42.5 Å². The molecule has 2 aromatic carbocycles. The summed E-state index contributed by atoms with van der Waals surface area (Å²) in [4.78, 5) is 16.8. The van der Waals surface area contributed by atoms with Crippen molar-refractivity contribution in [3.05, 3.63) is 65.4 Å². The number of amides is 1. The van der Waals surface area contributed by atoms with Crippen LogP contribution in [0.4, 0.5) is 11.4 Å². The molecule has 0 aromatic heterocycles. The zero-order valence-electron chi connectivity index (χ0n) is 12.9. The number of para-hydroxylation sites is 3. The normalized spacial score (nSPS) is 19.7. The van der Waals surface area contributed by atoms with Gasteiger partial charge in [-0.15, -0.1) is 0 Å². The number of nitrogens with zero attached hydrogens (tertiary/aromatic N) is 2. The maximum atomic E-state index is 12.7. The van der Waals surface area contributed by atoms with Crippen molar-refractivity contribution in [1.29, 1.82) is 0 Å². The molecule has 0 N–H and O–H groups in total. The third-order valence-electron chi connectivity index (χ3n) is 3.89. The van der Waals surface area contributed by atoms with E-state index in [0.29, 0.717) is 21.7 Å². The van der Waals surface area contributed by atoms with E-state index in [1.54, 1.807) is 4.90 Å². The number of hydrogen-bond acceptors (Lipinski definition) is 5. The first-order valence-corrected chi connectivity index (χ1v) is 8.83. The smallest absolute Gasteiger partial charge is 0.271 e. The number of thiocarbonyl (C=S) groups is 1. The fourth-order valence-corrected chi connectivity index (χ4v) is 4.14. The maximum absolute atomic E-state index is 12.7. The van der Waals surface area contributed by atoms with Gasteiger partial charge in [-0.3, -0.25) is 14.6 Å². The van der Waals surface area contributed by atoms with Crippen LogP contribution in [0.5, 0.6) is 5.75 Å². The van der Waals surface area contributed by atoms with Crippen LogP contribution in [0.3, 0.4) is 0 Å². The van der Waals surface area contributed by atoms with Gasteiger partial charge in [-0.05, 0) is 43.0 Å². The number of carbonyl (C=O) groups is 1. The fourth-order valence-electron chi connectivity index (χ4n) is 2.77. The van der Waals surface area contributed by atoms with Crippen molar-refractivity contribution >= 4 is 45.6 Å². The van der Waals surface area contributed by atoms with Gasteiger partial charge in [-0.2, -0.15) is 0 Å². The second-order valence-corrected chi connectivity index (χ2v) is 6.94. The largest absolute Gasteiger partial charge is 0.437 e. The number of benzene rings is 2. The Morgan fingerprint density at radius 1 is 1.08 bits per heavy atom. The quantitative estimate of drug-likeness (QED) is 0.594. The van der Waals surface area contributed by atoms with Gasteiger partial charge in [0.25, 0.3) is 5.91 Å². The molecule has 2 aliphatic heterocycles. The van der Waals surface area contributed by atoms with Gasteiger partial charge in [0.1, 0.15) is 9.23 Å². The summed E-state index contributed by atoms with van der Waals surface area (Å²) in [5, 5.41) is 0. The van der Waals surface area contributed by atoms with Crippen LogP contribution in [-0.2, 0) is 4.79 Å². The number of hydrogen-bond donors (Lipinski definition) is 0. The molecule has 0 bridgehead atoms. The summed E-state index contributed by atoms with van der Waals surface area (Å²) in [5.41, 5.74) is 1.86. The number of ether oxygens (including phenoxy) is 1. The third kappa shape index (κ3) is 2.30. The van der Waals surface area contributed by atoms with Gasteiger partial charge in [-0.25, -0.2) is 0 Å². The highest BCUT2D eigenvalue weighted by molar-refractivity contribution is 8.26. The van der Waals surface area contributed by atoms with Crippen LogP contribution in [0.15, 0.2) is 65.4 Å². The minimum absolute atomic E-state index is 0.101. The number of rotatable bonds is 2. The molecule has 0 unspecified atom stereocenters. The topological polar surface area (TPSA) is 32.8 Å². The Kier molecular flexibility index (Phi) is 3.78. The third-order valence-corrected chi connectivity index (χ3v) is 5.31. The Bertz CT molecular complexity index is 864. The van der Waals surface area contributed by atoms with Crippen LogP contribution >= 0.6 is 24.0 Å². The number of carbonyl (C=O) groups excluding carboxylic acids is 1. The van der Waals surface area contributed by atoms with Gasteiger partial charge in [0.15, 0.2) is 5.75 Å². The highest BCUT2D eigenvalue weighted by Crippen LogP contribution is 2.47. The molecule has 2 aliphatic rings. The van der Waals surface area contributed by atoms with Gasteiger partial charge >= 0.3 is 0 Å². The maximum Gasteiger partial charge on any atom is 0.271 e. The van der Waals surface area contributed by atoms with E-state index >= 15 is 0 Å². The van der Waals surface area contributed by atoms with Crippen molar-refractivity contribution in [1.82, 2.24) is 4.90 Å². The lowest BCUT2D eigenvalue weighted by atomic mass is 10.2. The lowest BCUT2D eigenvalue weighted by Gasteiger charge is -2.19. The molecule has 2 aromatic rings. The van der Waals surface area contributed by atoms with Crippen LogP contribution in [0.1, 0.15) is 6.92 Å². The van der Waals surface area contributed by atoms with E-state index in [4.69, 9.17) is 17.0 Å². The minimum atomic E-state index is -0.101. The average Bonchev–Trinajstić information content (AvgIpc) is 3.12. The second kappa shape index (κ2) is 5.96. The molecule has 4 nitrogen and oxygen atoms in total. The second-order valence-electron chi connectivity index (χ2n) is 5.29. The number of anilines is 2. The summed E-state index contributed by atoms with van der Waals surface area (Å²) in [7, 11) is 0. The minimum Gasteiger partial charge on any atom is -0.437 e. The Morgan fingerprint density at radius 3 is 2.50 bits per heavy atom. The molecule has 2 heterocycles. The van der Waals surface area contributed by atoms with Gasteiger partial charge < -0.3 is 4.74 Å². The molecule has 0 radical (unpaired) electrons. The van der Waals surface area contributed by atoms with E-state index in [2.05, 4.69) is 0 Å². The number of thioether (sulfide) groups is 1. The van der Waals surface area contributed by atoms with Crippen molar-refractivity contribution in [3.8, 4) is 5.75 Å². The molecule has 0 saturated carbocycles. The molecule has 0 spiro atoms. The van der Waals surface area contributed by atoms with Crippen molar-refractivity contribution < 1.29 is 9.53 Å². The molecule has 24 heavy (non-hydrogen) atoms. The van der Waals surface area contributed by atoms with Crippen LogP contribution in [0.2, 0.25) is 0 Å². The molecule has 120 valence electrons. The predicted octanol–water partition coefficient (Wildman–Crippen LogP) is 4.27. The molecular weight excluding hydrogens is 340 g/mol. The van der Waals surface area contributed by atoms with E-state index in [0.717, 1.165) is 17.1 Å². The van der Waals surface area contributed by atoms with Crippen molar-refractivity contribution in [2.45, 2.75) is 6.92 Å². The SMILES string of the molecule is CCN1C(=O)C(=C2Oc3ccccc3N2c2ccccc2)SC1=S. The molecule has 6 heteroatoms. The predicted molar refractivity (Wildman–Crippen MR) is 100 cm³/mol. The van der Waals surface area contributed by atoms with E-state index in [1.165, 1.54) is 11.8 Å². The first kappa shape index (κ1) is 15.2. The Hall–Kier alpha value is -2.31. The number of likely N-dealkylation sites (N-methyl/N-ethyl adjacent to an activating group) is 1. The van der Waals surface area contributed by atoms with Crippen LogP contribution in [-0.4, -0.2) is 21.7 Å². The molecule has 0 atom stereocenters. The summed E-state index contributed by atoms with van der Waals surface area (Å²) < 4.78 is 6.61. The van der Waals surface area contributed by atoms with Gasteiger partial charge in [0, 0.05) is 12.2 Å². The molecule has 1 fully saturated rings. The summed E-state index contributed by atoms with van der Waals surface area (Å²) in [6.45, 7) is 2.47. The monoisotopic (exact) mass is 354 g/mol. The standard InChI is InChI=1S/C18H14N2O2S2/c1-2-19-16(21)15(24-18(19)23)17-20(12-8-4-3-5-9-12)13-10-6-7-11-14(13)22-17/h3-11H,2H2,1H3. The van der Waals surface area contributed by atoms with Crippen molar-refractivity contribution in [3.63, 3.8) is 0 Å². The molecule has 1 amide bonds. The summed E-state index contributed by atoms with van der Waals surface area (Å²) in [5.74, 6) is 1.16. The molecule has 4 rings (SSSR count).